The van der Waals surface area contributed by atoms with Gasteiger partial charge in [0.1, 0.15) is 0 Å². The first-order valence-corrected chi connectivity index (χ1v) is 8.38. The molecule has 3 rings (SSSR count). The van der Waals surface area contributed by atoms with Gasteiger partial charge in [-0.1, -0.05) is 0 Å². The van der Waals surface area contributed by atoms with Crippen molar-refractivity contribution >= 4 is 28.2 Å². The van der Waals surface area contributed by atoms with Crippen LogP contribution in [0.1, 0.15) is 38.6 Å². The van der Waals surface area contributed by atoms with Crippen molar-refractivity contribution in [2.75, 3.05) is 18.4 Å². The van der Waals surface area contributed by atoms with Crippen molar-refractivity contribution in [2.24, 2.45) is 5.73 Å². The quantitative estimate of drug-likeness (QED) is 0.899. The van der Waals surface area contributed by atoms with Gasteiger partial charge in [-0.2, -0.15) is 0 Å². The highest BCUT2D eigenvalue weighted by atomic mass is 32.1. The number of thiophene rings is 1. The summed E-state index contributed by atoms with van der Waals surface area (Å²) < 4.78 is 5.07. The average Bonchev–Trinajstić information content (AvgIpc) is 3.27. The summed E-state index contributed by atoms with van der Waals surface area (Å²) in [5.74, 6) is -0.0816. The third-order valence-corrected chi connectivity index (χ3v) is 5.14. The van der Waals surface area contributed by atoms with Crippen LogP contribution >= 0.6 is 11.3 Å². The third kappa shape index (κ3) is 3.16. The zero-order valence-electron chi connectivity index (χ0n) is 12.9. The summed E-state index contributed by atoms with van der Waals surface area (Å²) in [6, 6.07) is 5.18. The summed E-state index contributed by atoms with van der Waals surface area (Å²) in [5, 5.41) is 3.40. The van der Waals surface area contributed by atoms with Crippen molar-refractivity contribution in [2.45, 2.75) is 25.8 Å². The summed E-state index contributed by atoms with van der Waals surface area (Å²) in [5.41, 5.74) is 6.60. The van der Waals surface area contributed by atoms with Gasteiger partial charge >= 0.3 is 0 Å². The molecule has 6 nitrogen and oxygen atoms in total. The third-order valence-electron chi connectivity index (χ3n) is 4.00. The lowest BCUT2D eigenvalue weighted by molar-refractivity contribution is 0.0745. The smallest absolute Gasteiger partial charge is 0.291 e. The standard InChI is InChI=1S/C16H19N3O3S/c1-10-8-13(18-15(20)12-5-3-7-22-12)23-14(10)16(21)19-6-2-4-11(19)9-17/h3,5,7-8,11H,2,4,6,9,17H2,1H3,(H,18,20). The summed E-state index contributed by atoms with van der Waals surface area (Å²) in [6.45, 7) is 3.10. The minimum absolute atomic E-state index is 0.000974. The highest BCUT2D eigenvalue weighted by Crippen LogP contribution is 2.30. The van der Waals surface area contributed by atoms with Crippen LogP contribution < -0.4 is 11.1 Å². The van der Waals surface area contributed by atoms with Gasteiger partial charge < -0.3 is 20.4 Å². The van der Waals surface area contributed by atoms with Crippen LogP contribution in [0.15, 0.2) is 28.9 Å². The number of hydrogen-bond donors (Lipinski definition) is 2. The molecule has 0 spiro atoms. The zero-order chi connectivity index (χ0) is 16.4. The lowest BCUT2D eigenvalue weighted by Gasteiger charge is -2.23. The predicted octanol–water partition coefficient (Wildman–Crippen LogP) is 2.47. The van der Waals surface area contributed by atoms with E-state index in [9.17, 15) is 9.59 Å². The first-order chi connectivity index (χ1) is 11.1. The van der Waals surface area contributed by atoms with Crippen LogP contribution in [0.25, 0.3) is 0 Å². The monoisotopic (exact) mass is 333 g/mol. The fourth-order valence-corrected chi connectivity index (χ4v) is 3.84. The molecule has 2 amide bonds. The first-order valence-electron chi connectivity index (χ1n) is 7.56. The Hall–Kier alpha value is -2.12. The second kappa shape index (κ2) is 6.55. The molecule has 3 heterocycles. The first kappa shape index (κ1) is 15.8. The molecule has 23 heavy (non-hydrogen) atoms. The van der Waals surface area contributed by atoms with Crippen LogP contribution in [0.5, 0.6) is 0 Å². The van der Waals surface area contributed by atoms with Crippen LogP contribution in [0, 0.1) is 6.92 Å². The Kier molecular flexibility index (Phi) is 4.49. The van der Waals surface area contributed by atoms with Gasteiger partial charge in [-0.05, 0) is 43.5 Å². The highest BCUT2D eigenvalue weighted by Gasteiger charge is 2.30. The van der Waals surface area contributed by atoms with E-state index in [-0.39, 0.29) is 23.6 Å². The number of aryl methyl sites for hydroxylation is 1. The van der Waals surface area contributed by atoms with E-state index in [0.717, 1.165) is 24.9 Å². The van der Waals surface area contributed by atoms with Crippen LogP contribution in [-0.2, 0) is 0 Å². The number of furan rings is 1. The Morgan fingerprint density at radius 2 is 2.35 bits per heavy atom. The maximum Gasteiger partial charge on any atom is 0.291 e. The molecular formula is C16H19N3O3S. The van der Waals surface area contributed by atoms with Gasteiger partial charge in [0.25, 0.3) is 11.8 Å². The van der Waals surface area contributed by atoms with E-state index in [0.29, 0.717) is 16.4 Å². The molecule has 2 aromatic heterocycles. The number of anilines is 1. The molecule has 1 fully saturated rings. The second-order valence-corrected chi connectivity index (χ2v) is 6.64. The number of hydrogen-bond acceptors (Lipinski definition) is 5. The number of amides is 2. The van der Waals surface area contributed by atoms with Crippen LogP contribution in [-0.4, -0.2) is 35.8 Å². The summed E-state index contributed by atoms with van der Waals surface area (Å²) in [4.78, 5) is 27.2. The molecule has 0 aliphatic carbocycles. The minimum Gasteiger partial charge on any atom is -0.459 e. The van der Waals surface area contributed by atoms with Crippen LogP contribution in [0.4, 0.5) is 5.00 Å². The van der Waals surface area contributed by atoms with E-state index < -0.39 is 0 Å². The fourth-order valence-electron chi connectivity index (χ4n) is 2.82. The molecule has 3 N–H and O–H groups in total. The minimum atomic E-state index is -0.323. The van der Waals surface area contributed by atoms with Crippen molar-refractivity contribution < 1.29 is 14.0 Å². The van der Waals surface area contributed by atoms with Crippen molar-refractivity contribution in [1.29, 1.82) is 0 Å². The van der Waals surface area contributed by atoms with E-state index >= 15 is 0 Å². The zero-order valence-corrected chi connectivity index (χ0v) is 13.7. The van der Waals surface area contributed by atoms with E-state index in [2.05, 4.69) is 5.32 Å². The molecule has 1 saturated heterocycles. The van der Waals surface area contributed by atoms with Gasteiger partial charge in [-0.3, -0.25) is 9.59 Å². The normalized spacial score (nSPS) is 17.5. The Morgan fingerprint density at radius 1 is 1.52 bits per heavy atom. The molecule has 2 aromatic rings. The van der Waals surface area contributed by atoms with Crippen molar-refractivity contribution in [3.8, 4) is 0 Å². The molecule has 1 unspecified atom stereocenters. The predicted molar refractivity (Wildman–Crippen MR) is 88.8 cm³/mol. The summed E-state index contributed by atoms with van der Waals surface area (Å²) in [7, 11) is 0. The van der Waals surface area contributed by atoms with E-state index in [1.165, 1.54) is 17.6 Å². The maximum atomic E-state index is 12.7. The van der Waals surface area contributed by atoms with Crippen molar-refractivity contribution in [3.05, 3.63) is 40.7 Å². The molecular weight excluding hydrogens is 314 g/mol. The highest BCUT2D eigenvalue weighted by molar-refractivity contribution is 7.18. The molecule has 0 saturated carbocycles. The molecule has 1 aliphatic rings. The Morgan fingerprint density at radius 3 is 3.04 bits per heavy atom. The number of nitrogens with zero attached hydrogens (tertiary/aromatic N) is 1. The largest absolute Gasteiger partial charge is 0.459 e. The molecule has 0 aromatic carbocycles. The summed E-state index contributed by atoms with van der Waals surface area (Å²) >= 11 is 1.29. The van der Waals surface area contributed by atoms with Gasteiger partial charge in [-0.15, -0.1) is 11.3 Å². The van der Waals surface area contributed by atoms with Crippen LogP contribution in [0.2, 0.25) is 0 Å². The van der Waals surface area contributed by atoms with Gasteiger partial charge in [0, 0.05) is 19.1 Å². The van der Waals surface area contributed by atoms with Gasteiger partial charge in [0.05, 0.1) is 16.1 Å². The summed E-state index contributed by atoms with van der Waals surface area (Å²) in [6.07, 6.45) is 3.39. The van der Waals surface area contributed by atoms with Gasteiger partial charge in [-0.25, -0.2) is 0 Å². The maximum absolute atomic E-state index is 12.7. The number of nitrogens with two attached hydrogens (primary N) is 1. The molecule has 0 bridgehead atoms. The number of rotatable bonds is 4. The fraction of sp³-hybridized carbons (Fsp3) is 0.375. The number of nitrogens with one attached hydrogen (secondary N) is 1. The van der Waals surface area contributed by atoms with E-state index in [1.807, 2.05) is 17.9 Å². The number of carbonyl (C=O) groups is 2. The Bertz CT molecular complexity index is 708. The Balaban J connectivity index is 1.75. The van der Waals surface area contributed by atoms with Crippen LogP contribution in [0.3, 0.4) is 0 Å². The lowest BCUT2D eigenvalue weighted by atomic mass is 10.2. The number of carbonyl (C=O) groups excluding carboxylic acids is 2. The number of likely N-dealkylation sites (tertiary alicyclic amines) is 1. The second-order valence-electron chi connectivity index (χ2n) is 5.58. The SMILES string of the molecule is Cc1cc(NC(=O)c2ccco2)sc1C(=O)N1CCCC1CN. The van der Waals surface area contributed by atoms with Gasteiger partial charge in [0.2, 0.25) is 0 Å². The van der Waals surface area contributed by atoms with Crippen molar-refractivity contribution in [3.63, 3.8) is 0 Å². The molecule has 1 aliphatic heterocycles. The Labute approximate surface area is 138 Å². The average molecular weight is 333 g/mol. The molecule has 1 atom stereocenters. The van der Waals surface area contributed by atoms with E-state index in [1.54, 1.807) is 12.1 Å². The molecule has 122 valence electrons. The topological polar surface area (TPSA) is 88.6 Å². The molecule has 0 radical (unpaired) electrons. The van der Waals surface area contributed by atoms with E-state index in [4.69, 9.17) is 10.2 Å². The van der Waals surface area contributed by atoms with Crippen molar-refractivity contribution in [1.82, 2.24) is 4.90 Å². The molecule has 7 heteroatoms. The lowest BCUT2D eigenvalue weighted by Crippen LogP contribution is -2.39. The van der Waals surface area contributed by atoms with Gasteiger partial charge in [0.15, 0.2) is 5.76 Å².